The number of amides is 1. The van der Waals surface area contributed by atoms with E-state index in [2.05, 4.69) is 10.6 Å². The SMILES string of the molecule is CCOC(CC)C1OC(C(=O)O)=CC(NC(N)N)C1NC(C)=O. The number of hydrogen-bond acceptors (Lipinski definition) is 7. The first-order chi connectivity index (χ1) is 10.8. The van der Waals surface area contributed by atoms with E-state index in [0.29, 0.717) is 13.0 Å². The maximum Gasteiger partial charge on any atom is 0.370 e. The Morgan fingerprint density at radius 1 is 1.43 bits per heavy atom. The first-order valence-corrected chi connectivity index (χ1v) is 7.57. The van der Waals surface area contributed by atoms with Crippen molar-refractivity contribution in [3.8, 4) is 0 Å². The zero-order chi connectivity index (χ0) is 17.6. The summed E-state index contributed by atoms with van der Waals surface area (Å²) in [4.78, 5) is 22.9. The predicted molar refractivity (Wildman–Crippen MR) is 83.0 cm³/mol. The van der Waals surface area contributed by atoms with Gasteiger partial charge >= 0.3 is 5.97 Å². The molecule has 23 heavy (non-hydrogen) atoms. The highest BCUT2D eigenvalue weighted by atomic mass is 16.6. The van der Waals surface area contributed by atoms with Crippen LogP contribution in [0.1, 0.15) is 27.2 Å². The number of nitrogens with two attached hydrogens (primary N) is 2. The number of carboxylic acid groups (broad SMARTS) is 1. The molecule has 0 radical (unpaired) electrons. The molecule has 9 heteroatoms. The Hall–Kier alpha value is -1.68. The van der Waals surface area contributed by atoms with E-state index < -0.39 is 36.6 Å². The molecule has 1 aliphatic rings. The number of ether oxygens (including phenoxy) is 2. The lowest BCUT2D eigenvalue weighted by Crippen LogP contribution is -2.64. The number of nitrogens with one attached hydrogen (secondary N) is 2. The molecule has 0 aromatic rings. The van der Waals surface area contributed by atoms with Gasteiger partial charge in [-0.3, -0.25) is 10.1 Å². The van der Waals surface area contributed by atoms with E-state index in [0.717, 1.165) is 0 Å². The van der Waals surface area contributed by atoms with Crippen molar-refractivity contribution in [1.29, 1.82) is 0 Å². The summed E-state index contributed by atoms with van der Waals surface area (Å²) in [6.07, 6.45) is -0.0175. The maximum atomic E-state index is 11.5. The van der Waals surface area contributed by atoms with E-state index in [1.807, 2.05) is 13.8 Å². The Kier molecular flexibility index (Phi) is 7.43. The summed E-state index contributed by atoms with van der Waals surface area (Å²) >= 11 is 0. The number of aliphatic carboxylic acids is 1. The van der Waals surface area contributed by atoms with Crippen LogP contribution in [0.25, 0.3) is 0 Å². The highest BCUT2D eigenvalue weighted by Crippen LogP contribution is 2.24. The molecule has 0 aliphatic carbocycles. The molecule has 1 heterocycles. The van der Waals surface area contributed by atoms with Gasteiger partial charge in [0.1, 0.15) is 12.4 Å². The van der Waals surface area contributed by atoms with Crippen molar-refractivity contribution < 1.29 is 24.2 Å². The molecule has 1 rings (SSSR count). The lowest BCUT2D eigenvalue weighted by atomic mass is 9.93. The molecule has 4 unspecified atom stereocenters. The molecule has 1 aliphatic heterocycles. The largest absolute Gasteiger partial charge is 0.478 e. The molecule has 0 aromatic heterocycles. The standard InChI is InChI=1S/C14H26N4O5/c1-4-9(22-5-2)12-11(17-7(3)19)8(18-14(15)16)6-10(23-12)13(20)21/h6,8-9,11-12,14,18H,4-5,15-16H2,1-3H3,(H,17,19)(H,20,21). The van der Waals surface area contributed by atoms with Crippen LogP contribution in [0.3, 0.4) is 0 Å². The van der Waals surface area contributed by atoms with Gasteiger partial charge in [0.15, 0.2) is 0 Å². The average Bonchev–Trinajstić information content (AvgIpc) is 2.45. The highest BCUT2D eigenvalue weighted by Gasteiger charge is 2.41. The second-order valence-corrected chi connectivity index (χ2v) is 5.27. The lowest BCUT2D eigenvalue weighted by Gasteiger charge is -2.40. The average molecular weight is 330 g/mol. The quantitative estimate of drug-likeness (QED) is 0.350. The number of carbonyl (C=O) groups excluding carboxylic acids is 1. The minimum atomic E-state index is -1.21. The van der Waals surface area contributed by atoms with Crippen molar-refractivity contribution in [1.82, 2.24) is 10.6 Å². The van der Waals surface area contributed by atoms with Crippen molar-refractivity contribution in [2.45, 2.75) is 57.8 Å². The third kappa shape index (κ3) is 5.47. The van der Waals surface area contributed by atoms with Crippen LogP contribution in [0.5, 0.6) is 0 Å². The molecule has 7 N–H and O–H groups in total. The Morgan fingerprint density at radius 3 is 2.52 bits per heavy atom. The van der Waals surface area contributed by atoms with Crippen LogP contribution < -0.4 is 22.1 Å². The summed E-state index contributed by atoms with van der Waals surface area (Å²) in [5, 5.41) is 14.9. The zero-order valence-corrected chi connectivity index (χ0v) is 13.6. The summed E-state index contributed by atoms with van der Waals surface area (Å²) < 4.78 is 11.2. The smallest absolute Gasteiger partial charge is 0.370 e. The van der Waals surface area contributed by atoms with Gasteiger partial charge in [0, 0.05) is 13.5 Å². The van der Waals surface area contributed by atoms with Crippen LogP contribution >= 0.6 is 0 Å². The first kappa shape index (κ1) is 19.4. The Labute approximate surface area is 135 Å². The van der Waals surface area contributed by atoms with E-state index in [1.54, 1.807) is 0 Å². The minimum absolute atomic E-state index is 0.229. The van der Waals surface area contributed by atoms with Gasteiger partial charge in [0.05, 0.1) is 18.2 Å². The van der Waals surface area contributed by atoms with Crippen molar-refractivity contribution in [3.63, 3.8) is 0 Å². The third-order valence-electron chi connectivity index (χ3n) is 3.45. The van der Waals surface area contributed by atoms with Crippen LogP contribution in [0.2, 0.25) is 0 Å². The maximum absolute atomic E-state index is 11.5. The first-order valence-electron chi connectivity index (χ1n) is 7.57. The molecular formula is C14H26N4O5. The molecule has 0 bridgehead atoms. The number of carbonyl (C=O) groups is 2. The van der Waals surface area contributed by atoms with Gasteiger partial charge in [-0.2, -0.15) is 0 Å². The highest BCUT2D eigenvalue weighted by molar-refractivity contribution is 5.84. The fraction of sp³-hybridized carbons (Fsp3) is 0.714. The van der Waals surface area contributed by atoms with Crippen molar-refractivity contribution >= 4 is 11.9 Å². The zero-order valence-electron chi connectivity index (χ0n) is 13.6. The fourth-order valence-corrected chi connectivity index (χ4v) is 2.60. The molecule has 0 aromatic carbocycles. The number of carboxylic acids is 1. The van der Waals surface area contributed by atoms with E-state index in [4.69, 9.17) is 20.9 Å². The number of hydrogen-bond donors (Lipinski definition) is 5. The predicted octanol–water partition coefficient (Wildman–Crippen LogP) is -1.17. The van der Waals surface area contributed by atoms with Gasteiger partial charge in [-0.1, -0.05) is 6.92 Å². The van der Waals surface area contributed by atoms with Crippen LogP contribution in [0.15, 0.2) is 11.8 Å². The Balaban J connectivity index is 3.18. The molecular weight excluding hydrogens is 304 g/mol. The van der Waals surface area contributed by atoms with Crippen LogP contribution in [0.4, 0.5) is 0 Å². The van der Waals surface area contributed by atoms with E-state index in [1.165, 1.54) is 13.0 Å². The lowest BCUT2D eigenvalue weighted by molar-refractivity contribution is -0.143. The van der Waals surface area contributed by atoms with Crippen molar-refractivity contribution in [3.05, 3.63) is 11.8 Å². The van der Waals surface area contributed by atoms with E-state index in [-0.39, 0.29) is 11.7 Å². The van der Waals surface area contributed by atoms with Crippen LogP contribution in [0, 0.1) is 0 Å². The second-order valence-electron chi connectivity index (χ2n) is 5.27. The van der Waals surface area contributed by atoms with Gasteiger partial charge in [0.25, 0.3) is 0 Å². The van der Waals surface area contributed by atoms with Gasteiger partial charge in [0.2, 0.25) is 11.7 Å². The molecule has 4 atom stereocenters. The van der Waals surface area contributed by atoms with Gasteiger partial charge in [-0.15, -0.1) is 0 Å². The summed E-state index contributed by atoms with van der Waals surface area (Å²) in [6, 6.07) is -1.17. The van der Waals surface area contributed by atoms with Gasteiger partial charge < -0.3 is 31.4 Å². The van der Waals surface area contributed by atoms with Crippen molar-refractivity contribution in [2.24, 2.45) is 11.5 Å². The van der Waals surface area contributed by atoms with Crippen LogP contribution in [-0.2, 0) is 19.1 Å². The van der Waals surface area contributed by atoms with Crippen LogP contribution in [-0.4, -0.2) is 54.2 Å². The second kappa shape index (κ2) is 8.82. The summed E-state index contributed by atoms with van der Waals surface area (Å²) in [6.45, 7) is 5.53. The Morgan fingerprint density at radius 2 is 2.09 bits per heavy atom. The molecule has 0 saturated carbocycles. The summed E-state index contributed by atoms with van der Waals surface area (Å²) in [5.41, 5.74) is 11.1. The topological polar surface area (TPSA) is 149 Å². The normalized spacial score (nSPS) is 25.5. The van der Waals surface area contributed by atoms with Gasteiger partial charge in [-0.05, 0) is 19.4 Å². The molecule has 132 valence electrons. The van der Waals surface area contributed by atoms with E-state index >= 15 is 0 Å². The summed E-state index contributed by atoms with van der Waals surface area (Å²) in [7, 11) is 0. The molecule has 0 fully saturated rings. The summed E-state index contributed by atoms with van der Waals surface area (Å²) in [5.74, 6) is -1.72. The molecule has 0 saturated heterocycles. The third-order valence-corrected chi connectivity index (χ3v) is 3.45. The minimum Gasteiger partial charge on any atom is -0.478 e. The Bertz CT molecular complexity index is 454. The van der Waals surface area contributed by atoms with Gasteiger partial charge in [-0.25, -0.2) is 4.79 Å². The molecule has 9 nitrogen and oxygen atoms in total. The monoisotopic (exact) mass is 330 g/mol. The van der Waals surface area contributed by atoms with Crippen molar-refractivity contribution in [2.75, 3.05) is 6.61 Å². The molecule has 1 amide bonds. The molecule has 0 spiro atoms. The fourth-order valence-electron chi connectivity index (χ4n) is 2.60. The van der Waals surface area contributed by atoms with E-state index in [9.17, 15) is 14.7 Å². The number of rotatable bonds is 8.